The number of ether oxygens (including phenoxy) is 7. The molecule has 7 rings (SSSR count). The highest BCUT2D eigenvalue weighted by molar-refractivity contribution is 6.29. The SMILES string of the molecule is CC[C@@]1(O)C[C@H](O[C@H]2C[C@H](N(C)C)[C@H](O[C@H]3C[C@H](O)[C@H](O[C@@H]4O[C@@H](C)C(=O)C=C4N)[C@H](C)O3)[C@H](C)O2)c2c(cc3c(c2O)C(=O)c2ccccc2C3=O)[C@H]1C(=O)OC. The van der Waals surface area contributed by atoms with Gasteiger partial charge in [0, 0.05) is 53.6 Å². The lowest BCUT2D eigenvalue weighted by Gasteiger charge is -2.48. The molecule has 13 atom stereocenters. The van der Waals surface area contributed by atoms with Crippen LogP contribution in [0.3, 0.4) is 0 Å². The number of phenols is 1. The van der Waals surface area contributed by atoms with Crippen LogP contribution in [0.25, 0.3) is 0 Å². The van der Waals surface area contributed by atoms with Crippen LogP contribution in [0.1, 0.15) is 108 Å². The molecule has 58 heavy (non-hydrogen) atoms. The number of rotatable bonds is 9. The molecule has 0 radical (unpaired) electrons. The maximum atomic E-state index is 13.9. The Morgan fingerprint density at radius 2 is 1.57 bits per heavy atom. The van der Waals surface area contributed by atoms with E-state index in [9.17, 15) is 34.5 Å². The zero-order valence-electron chi connectivity index (χ0n) is 33.6. The number of phenolic OH excluding ortho intramolecular Hbond substituents is 1. The number of aromatic hydroxyl groups is 1. The van der Waals surface area contributed by atoms with Crippen LogP contribution in [0.2, 0.25) is 0 Å². The van der Waals surface area contributed by atoms with Crippen LogP contribution in [-0.2, 0) is 42.7 Å². The topological polar surface area (TPSA) is 223 Å². The zero-order valence-corrected chi connectivity index (χ0v) is 33.6. The standard InChI is InChI=1S/C42H52N2O14/c1-8-42(51)17-29(32-23(34(42)40(50)52-7)13-24-33(37(32)49)36(48)22-12-10-9-11-21(22)35(24)47)56-30-15-26(44(5)6)38(19(3)53-30)57-31-16-28(46)39(20(4)54-31)58-41-25(43)14-27(45)18(2)55-41/h9-14,18-20,26,28-31,34,38-39,41,46,49,51H,8,15-17,43H2,1-7H3/t18-,19-,20-,26-,28-,29-,30-,31-,34-,38+,39+,41-,42+/m0/s1. The van der Waals surface area contributed by atoms with Gasteiger partial charge < -0.3 is 59.1 Å². The number of nitrogens with two attached hydrogens (primary N) is 1. The van der Waals surface area contributed by atoms with E-state index >= 15 is 0 Å². The molecule has 2 saturated heterocycles. The van der Waals surface area contributed by atoms with E-state index in [2.05, 4.69) is 0 Å². The van der Waals surface area contributed by atoms with Crippen LogP contribution in [0, 0.1) is 0 Å². The van der Waals surface area contributed by atoms with Gasteiger partial charge in [0.05, 0.1) is 48.4 Å². The monoisotopic (exact) mass is 808 g/mol. The van der Waals surface area contributed by atoms with Crippen LogP contribution >= 0.6 is 0 Å². The second-order valence-electron chi connectivity index (χ2n) is 16.1. The third-order valence-electron chi connectivity index (χ3n) is 12.2. The van der Waals surface area contributed by atoms with Crippen LogP contribution in [0.4, 0.5) is 0 Å². The number of nitrogens with zero attached hydrogens (tertiary/aromatic N) is 1. The number of hydrogen-bond donors (Lipinski definition) is 4. The molecule has 0 bridgehead atoms. The summed E-state index contributed by atoms with van der Waals surface area (Å²) in [4.78, 5) is 55.0. The Hall–Kier alpha value is -4.10. The van der Waals surface area contributed by atoms with Gasteiger partial charge in [0.25, 0.3) is 0 Å². The van der Waals surface area contributed by atoms with Crippen molar-refractivity contribution in [1.29, 1.82) is 0 Å². The summed E-state index contributed by atoms with van der Waals surface area (Å²) >= 11 is 0. The first-order valence-electron chi connectivity index (χ1n) is 19.6. The molecule has 0 aromatic heterocycles. The lowest BCUT2D eigenvalue weighted by Crippen LogP contribution is -2.58. The Balaban J connectivity index is 1.13. The average molecular weight is 809 g/mol. The van der Waals surface area contributed by atoms with Crippen molar-refractivity contribution in [2.24, 2.45) is 5.73 Å². The van der Waals surface area contributed by atoms with Crippen molar-refractivity contribution in [3.05, 3.63) is 75.5 Å². The predicted octanol–water partition coefficient (Wildman–Crippen LogP) is 2.51. The molecule has 314 valence electrons. The van der Waals surface area contributed by atoms with Crippen LogP contribution in [-0.4, -0.2) is 132 Å². The second-order valence-corrected chi connectivity index (χ2v) is 16.1. The van der Waals surface area contributed by atoms with Gasteiger partial charge in [-0.25, -0.2) is 0 Å². The van der Waals surface area contributed by atoms with E-state index < -0.39 is 96.4 Å². The normalized spacial score (nSPS) is 36.2. The third-order valence-corrected chi connectivity index (χ3v) is 12.2. The fourth-order valence-electron chi connectivity index (χ4n) is 9.02. The Bertz CT molecular complexity index is 1990. The average Bonchev–Trinajstić information content (AvgIpc) is 3.17. The van der Waals surface area contributed by atoms with Crippen molar-refractivity contribution in [3.8, 4) is 5.75 Å². The Morgan fingerprint density at radius 3 is 2.19 bits per heavy atom. The predicted molar refractivity (Wildman–Crippen MR) is 203 cm³/mol. The second kappa shape index (κ2) is 16.2. The zero-order chi connectivity index (χ0) is 42.0. The summed E-state index contributed by atoms with van der Waals surface area (Å²) in [6.07, 6.45) is -6.87. The van der Waals surface area contributed by atoms with Gasteiger partial charge in [-0.05, 0) is 52.9 Å². The first kappa shape index (κ1) is 42.0. The number of ketones is 3. The Labute approximate surface area is 336 Å². The molecular weight excluding hydrogens is 756 g/mol. The number of carbonyl (C=O) groups excluding carboxylic acids is 4. The number of methoxy groups -OCH3 is 1. The number of aliphatic hydroxyl groups excluding tert-OH is 1. The quantitative estimate of drug-likeness (QED) is 0.228. The number of hydrogen-bond acceptors (Lipinski definition) is 16. The number of likely N-dealkylation sites (N-methyl/N-ethyl adjacent to an activating group) is 1. The third kappa shape index (κ3) is 7.39. The molecule has 3 heterocycles. The molecule has 0 saturated carbocycles. The summed E-state index contributed by atoms with van der Waals surface area (Å²) in [6, 6.07) is 7.39. The maximum Gasteiger partial charge on any atom is 0.316 e. The molecule has 0 spiro atoms. The van der Waals surface area contributed by atoms with Crippen LogP contribution < -0.4 is 5.73 Å². The number of esters is 1. The minimum absolute atomic E-state index is 0.0498. The molecule has 5 aliphatic rings. The first-order valence-corrected chi connectivity index (χ1v) is 19.6. The molecule has 3 aliphatic heterocycles. The van der Waals surface area contributed by atoms with Gasteiger partial charge in [-0.1, -0.05) is 31.2 Å². The first-order chi connectivity index (χ1) is 27.5. The summed E-state index contributed by atoms with van der Waals surface area (Å²) in [6.45, 7) is 6.84. The van der Waals surface area contributed by atoms with Crippen LogP contribution in [0.15, 0.2) is 42.1 Å². The lowest BCUT2D eigenvalue weighted by atomic mass is 9.67. The summed E-state index contributed by atoms with van der Waals surface area (Å²) in [5.41, 5.74) is 4.61. The van der Waals surface area contributed by atoms with Crippen molar-refractivity contribution < 1.29 is 67.7 Å². The maximum absolute atomic E-state index is 13.9. The van der Waals surface area contributed by atoms with Gasteiger partial charge in [-0.15, -0.1) is 0 Å². The van der Waals surface area contributed by atoms with E-state index in [1.807, 2.05) is 25.9 Å². The number of aliphatic hydroxyl groups is 2. The van der Waals surface area contributed by atoms with Crippen molar-refractivity contribution in [1.82, 2.24) is 4.90 Å². The Kier molecular flexibility index (Phi) is 11.7. The molecule has 5 N–H and O–H groups in total. The van der Waals surface area contributed by atoms with Crippen molar-refractivity contribution >= 4 is 23.3 Å². The minimum atomic E-state index is -1.73. The summed E-state index contributed by atoms with van der Waals surface area (Å²) < 4.78 is 42.5. The number of benzene rings is 2. The highest BCUT2D eigenvalue weighted by Crippen LogP contribution is 2.53. The van der Waals surface area contributed by atoms with Gasteiger partial charge in [0.15, 0.2) is 36.2 Å². The van der Waals surface area contributed by atoms with Crippen molar-refractivity contribution in [2.75, 3.05) is 21.2 Å². The summed E-state index contributed by atoms with van der Waals surface area (Å²) in [5.74, 6) is -3.91. The van der Waals surface area contributed by atoms with Crippen molar-refractivity contribution in [2.45, 2.75) is 133 Å². The lowest BCUT2D eigenvalue weighted by molar-refractivity contribution is -0.321. The van der Waals surface area contributed by atoms with Gasteiger partial charge in [-0.3, -0.25) is 19.2 Å². The van der Waals surface area contributed by atoms with E-state index in [0.717, 1.165) is 0 Å². The van der Waals surface area contributed by atoms with E-state index in [-0.39, 0.29) is 76.6 Å². The highest BCUT2D eigenvalue weighted by atomic mass is 16.7. The molecule has 2 fully saturated rings. The smallest absolute Gasteiger partial charge is 0.316 e. The number of carbonyl (C=O) groups is 4. The summed E-state index contributed by atoms with van der Waals surface area (Å²) in [5, 5.41) is 35.3. The van der Waals surface area contributed by atoms with E-state index in [1.165, 1.54) is 31.4 Å². The molecular formula is C42H52N2O14. The van der Waals surface area contributed by atoms with Crippen molar-refractivity contribution in [3.63, 3.8) is 0 Å². The van der Waals surface area contributed by atoms with Gasteiger partial charge >= 0.3 is 5.97 Å². The van der Waals surface area contributed by atoms with Gasteiger partial charge in [0.2, 0.25) is 0 Å². The molecule has 2 aliphatic carbocycles. The molecule has 0 amide bonds. The van der Waals surface area contributed by atoms with Crippen LogP contribution in [0.5, 0.6) is 5.75 Å². The van der Waals surface area contributed by atoms with E-state index in [0.29, 0.717) is 0 Å². The minimum Gasteiger partial charge on any atom is -0.507 e. The highest BCUT2D eigenvalue weighted by Gasteiger charge is 2.53. The fourth-order valence-corrected chi connectivity index (χ4v) is 9.02. The van der Waals surface area contributed by atoms with Gasteiger partial charge in [0.1, 0.15) is 30.0 Å². The van der Waals surface area contributed by atoms with E-state index in [1.54, 1.807) is 32.9 Å². The van der Waals surface area contributed by atoms with Gasteiger partial charge in [-0.2, -0.15) is 0 Å². The number of fused-ring (bicyclic) bond motifs is 3. The molecule has 2 aromatic carbocycles. The largest absolute Gasteiger partial charge is 0.507 e. The molecule has 16 heteroatoms. The molecule has 16 nitrogen and oxygen atoms in total. The summed E-state index contributed by atoms with van der Waals surface area (Å²) in [7, 11) is 4.94. The molecule has 2 aromatic rings. The van der Waals surface area contributed by atoms with E-state index in [4.69, 9.17) is 38.9 Å². The molecule has 0 unspecified atom stereocenters. The fraction of sp³-hybridized carbons (Fsp3) is 0.571. The Morgan fingerprint density at radius 1 is 0.931 bits per heavy atom.